The lowest BCUT2D eigenvalue weighted by Gasteiger charge is -2.36. The summed E-state index contributed by atoms with van der Waals surface area (Å²) in [5.74, 6) is 1.13. The molecule has 1 N–H and O–H groups in total. The normalized spacial score (nSPS) is 21.7. The van der Waals surface area contributed by atoms with E-state index in [9.17, 15) is 0 Å². The van der Waals surface area contributed by atoms with Crippen LogP contribution in [0, 0.1) is 4.64 Å². The first-order chi connectivity index (χ1) is 7.31. The van der Waals surface area contributed by atoms with E-state index in [2.05, 4.69) is 21.8 Å². The van der Waals surface area contributed by atoms with E-state index in [1.54, 1.807) is 6.33 Å². The number of nitrogens with zero attached hydrogens (tertiary/aromatic N) is 2. The number of anilines is 1. The van der Waals surface area contributed by atoms with Gasteiger partial charge in [-0.2, -0.15) is 0 Å². The molecule has 82 valence electrons. The van der Waals surface area contributed by atoms with Crippen LogP contribution in [0.15, 0.2) is 12.4 Å². The topological polar surface area (TPSA) is 31.9 Å². The van der Waals surface area contributed by atoms with Gasteiger partial charge in [0.1, 0.15) is 10.5 Å². The van der Waals surface area contributed by atoms with E-state index in [1.807, 2.05) is 6.07 Å². The Morgan fingerprint density at radius 3 is 3.20 bits per heavy atom. The van der Waals surface area contributed by atoms with Crippen molar-refractivity contribution in [2.75, 3.05) is 11.4 Å². The van der Waals surface area contributed by atoms with E-state index in [0.29, 0.717) is 10.7 Å². The van der Waals surface area contributed by atoms with Crippen molar-refractivity contribution >= 4 is 18.0 Å². The third kappa shape index (κ3) is 2.37. The molecule has 0 aliphatic carbocycles. The summed E-state index contributed by atoms with van der Waals surface area (Å²) in [7, 11) is 0. The number of H-pyrrole nitrogens is 1. The summed E-state index contributed by atoms with van der Waals surface area (Å²) < 4.78 is 0.671. The van der Waals surface area contributed by atoms with Crippen molar-refractivity contribution in [1.82, 2.24) is 9.97 Å². The van der Waals surface area contributed by atoms with Crippen LogP contribution in [0.2, 0.25) is 0 Å². The molecule has 4 heteroatoms. The molecule has 2 rings (SSSR count). The van der Waals surface area contributed by atoms with E-state index < -0.39 is 0 Å². The highest BCUT2D eigenvalue weighted by Crippen LogP contribution is 2.24. The van der Waals surface area contributed by atoms with Gasteiger partial charge in [-0.1, -0.05) is 19.1 Å². The zero-order valence-corrected chi connectivity index (χ0v) is 9.89. The van der Waals surface area contributed by atoms with Gasteiger partial charge in [0.05, 0.1) is 6.33 Å². The van der Waals surface area contributed by atoms with Crippen LogP contribution in [-0.2, 0) is 0 Å². The monoisotopic (exact) mass is 223 g/mol. The summed E-state index contributed by atoms with van der Waals surface area (Å²) in [6, 6.07) is 2.62. The lowest BCUT2D eigenvalue weighted by molar-refractivity contribution is 0.446. The average Bonchev–Trinajstić information content (AvgIpc) is 2.29. The predicted octanol–water partition coefficient (Wildman–Crippen LogP) is 2.91. The average molecular weight is 223 g/mol. The van der Waals surface area contributed by atoms with E-state index in [4.69, 9.17) is 12.2 Å². The molecule has 0 spiro atoms. The Morgan fingerprint density at radius 2 is 2.47 bits per heavy atom. The lowest BCUT2D eigenvalue weighted by Crippen LogP contribution is -2.39. The summed E-state index contributed by atoms with van der Waals surface area (Å²) in [6.07, 6.45) is 6.81. The first kappa shape index (κ1) is 10.6. The zero-order chi connectivity index (χ0) is 10.7. The minimum Gasteiger partial charge on any atom is -0.355 e. The highest BCUT2D eigenvalue weighted by atomic mass is 32.1. The van der Waals surface area contributed by atoms with Crippen molar-refractivity contribution in [2.24, 2.45) is 0 Å². The van der Waals surface area contributed by atoms with E-state index in [1.165, 1.54) is 25.7 Å². The maximum atomic E-state index is 5.09. The molecule has 1 aliphatic heterocycles. The fourth-order valence-corrected chi connectivity index (χ4v) is 2.43. The molecule has 1 atom stereocenters. The second-order valence-electron chi connectivity index (χ2n) is 4.02. The van der Waals surface area contributed by atoms with Crippen molar-refractivity contribution in [3.8, 4) is 0 Å². The van der Waals surface area contributed by atoms with Gasteiger partial charge in [0.25, 0.3) is 0 Å². The Labute approximate surface area is 95.5 Å². The van der Waals surface area contributed by atoms with Gasteiger partial charge in [0.2, 0.25) is 0 Å². The minimum absolute atomic E-state index is 0.659. The third-order valence-corrected chi connectivity index (χ3v) is 3.30. The predicted molar refractivity (Wildman–Crippen MR) is 64.7 cm³/mol. The lowest BCUT2D eigenvalue weighted by atomic mass is 10.0. The molecule has 3 nitrogen and oxygen atoms in total. The molecule has 0 radical (unpaired) electrons. The second kappa shape index (κ2) is 4.75. The molecular formula is C11H17N3S. The maximum absolute atomic E-state index is 5.09. The Hall–Kier alpha value is -0.900. The van der Waals surface area contributed by atoms with Crippen molar-refractivity contribution in [3.63, 3.8) is 0 Å². The van der Waals surface area contributed by atoms with Gasteiger partial charge in [-0.05, 0) is 25.7 Å². The first-order valence-electron chi connectivity index (χ1n) is 5.62. The first-order valence-corrected chi connectivity index (χ1v) is 6.03. The number of nitrogens with one attached hydrogen (secondary N) is 1. The van der Waals surface area contributed by atoms with Crippen LogP contribution in [-0.4, -0.2) is 22.6 Å². The van der Waals surface area contributed by atoms with Crippen LogP contribution >= 0.6 is 12.2 Å². The fourth-order valence-electron chi connectivity index (χ4n) is 2.27. The van der Waals surface area contributed by atoms with E-state index in [0.717, 1.165) is 12.4 Å². The molecule has 15 heavy (non-hydrogen) atoms. The number of hydrogen-bond donors (Lipinski definition) is 1. The largest absolute Gasteiger partial charge is 0.355 e. The third-order valence-electron chi connectivity index (χ3n) is 3.07. The number of piperidine rings is 1. The molecule has 0 amide bonds. The molecule has 1 aromatic rings. The molecule has 1 aliphatic rings. The van der Waals surface area contributed by atoms with Gasteiger partial charge in [-0.3, -0.25) is 0 Å². The summed E-state index contributed by atoms with van der Waals surface area (Å²) in [5, 5.41) is 0. The van der Waals surface area contributed by atoms with Gasteiger partial charge < -0.3 is 9.88 Å². The molecule has 0 bridgehead atoms. The summed E-state index contributed by atoms with van der Waals surface area (Å²) in [6.45, 7) is 3.38. The SMILES string of the molecule is CC[C@H]1CCCCN1c1cc(=S)nc[nH]1. The van der Waals surface area contributed by atoms with Crippen LogP contribution in [0.4, 0.5) is 5.82 Å². The van der Waals surface area contributed by atoms with Crippen LogP contribution in [0.3, 0.4) is 0 Å². The van der Waals surface area contributed by atoms with Crippen LogP contribution in [0.25, 0.3) is 0 Å². The molecule has 2 heterocycles. The number of rotatable bonds is 2. The number of aromatic nitrogens is 2. The molecule has 1 aromatic heterocycles. The Bertz CT molecular complexity index is 374. The van der Waals surface area contributed by atoms with Crippen molar-refractivity contribution in [3.05, 3.63) is 17.0 Å². The summed E-state index contributed by atoms with van der Waals surface area (Å²) in [4.78, 5) is 9.64. The molecule has 1 saturated heterocycles. The Kier molecular flexibility index (Phi) is 3.36. The van der Waals surface area contributed by atoms with Crippen LogP contribution in [0.1, 0.15) is 32.6 Å². The van der Waals surface area contributed by atoms with Crippen LogP contribution in [0.5, 0.6) is 0 Å². The second-order valence-corrected chi connectivity index (χ2v) is 4.44. The number of aromatic amines is 1. The quantitative estimate of drug-likeness (QED) is 0.782. The Morgan fingerprint density at radius 1 is 1.60 bits per heavy atom. The zero-order valence-electron chi connectivity index (χ0n) is 9.07. The van der Waals surface area contributed by atoms with Crippen molar-refractivity contribution in [2.45, 2.75) is 38.6 Å². The minimum atomic E-state index is 0.659. The molecular weight excluding hydrogens is 206 g/mol. The van der Waals surface area contributed by atoms with Gasteiger partial charge >= 0.3 is 0 Å². The van der Waals surface area contributed by atoms with Crippen molar-refractivity contribution in [1.29, 1.82) is 0 Å². The van der Waals surface area contributed by atoms with E-state index in [-0.39, 0.29) is 0 Å². The summed E-state index contributed by atoms with van der Waals surface area (Å²) >= 11 is 5.09. The molecule has 0 unspecified atom stereocenters. The summed E-state index contributed by atoms with van der Waals surface area (Å²) in [5.41, 5.74) is 0. The standard InChI is InChI=1S/C11H17N3S/c1-2-9-5-3-4-6-14(9)10-7-11(15)13-8-12-10/h7-9H,2-6H2,1H3,(H,12,13,15)/t9-/m0/s1. The molecule has 0 aromatic carbocycles. The van der Waals surface area contributed by atoms with Crippen LogP contribution < -0.4 is 4.90 Å². The fraction of sp³-hybridized carbons (Fsp3) is 0.636. The highest BCUT2D eigenvalue weighted by molar-refractivity contribution is 7.71. The highest BCUT2D eigenvalue weighted by Gasteiger charge is 2.21. The maximum Gasteiger partial charge on any atom is 0.131 e. The van der Waals surface area contributed by atoms with Gasteiger partial charge in [-0.25, -0.2) is 4.98 Å². The van der Waals surface area contributed by atoms with Gasteiger partial charge in [-0.15, -0.1) is 0 Å². The number of hydrogen-bond acceptors (Lipinski definition) is 3. The Balaban J connectivity index is 2.24. The van der Waals surface area contributed by atoms with Gasteiger partial charge in [0, 0.05) is 18.7 Å². The smallest absolute Gasteiger partial charge is 0.131 e. The van der Waals surface area contributed by atoms with Gasteiger partial charge in [0.15, 0.2) is 0 Å². The molecule has 0 saturated carbocycles. The van der Waals surface area contributed by atoms with Crippen molar-refractivity contribution < 1.29 is 0 Å². The molecule has 1 fully saturated rings. The van der Waals surface area contributed by atoms with E-state index >= 15 is 0 Å².